The van der Waals surface area contributed by atoms with Crippen LogP contribution in [0.3, 0.4) is 0 Å². The smallest absolute Gasteiger partial charge is 0.162 e. The van der Waals surface area contributed by atoms with Gasteiger partial charge in [-0.15, -0.1) is 0 Å². The summed E-state index contributed by atoms with van der Waals surface area (Å²) in [5.74, 6) is 2.58. The number of aryl methyl sites for hydroxylation is 1. The SMILES string of the molecule is Cc1cc(Cl)ccc1-n1nc(CC2CCCCC2)nc1C1CN(C(C)C)CCO1. The molecule has 1 unspecified atom stereocenters. The van der Waals surface area contributed by atoms with Crippen LogP contribution in [-0.4, -0.2) is 45.4 Å². The first-order valence-electron chi connectivity index (χ1n) is 11.1. The van der Waals surface area contributed by atoms with Crippen LogP contribution in [0, 0.1) is 12.8 Å². The quantitative estimate of drug-likeness (QED) is 0.677. The summed E-state index contributed by atoms with van der Waals surface area (Å²) >= 11 is 6.20. The van der Waals surface area contributed by atoms with Crippen LogP contribution < -0.4 is 0 Å². The lowest BCUT2D eigenvalue weighted by molar-refractivity contribution is -0.0452. The maximum Gasteiger partial charge on any atom is 0.162 e. The molecule has 1 aromatic carbocycles. The third-order valence-electron chi connectivity index (χ3n) is 6.38. The van der Waals surface area contributed by atoms with Gasteiger partial charge in [-0.05, 0) is 50.5 Å². The van der Waals surface area contributed by atoms with Gasteiger partial charge in [0.05, 0.1) is 12.3 Å². The van der Waals surface area contributed by atoms with Crippen molar-refractivity contribution in [2.75, 3.05) is 19.7 Å². The maximum absolute atomic E-state index is 6.20. The van der Waals surface area contributed by atoms with Crippen LogP contribution in [0.15, 0.2) is 18.2 Å². The van der Waals surface area contributed by atoms with E-state index in [1.807, 2.05) is 22.9 Å². The first kappa shape index (κ1) is 20.8. The van der Waals surface area contributed by atoms with Gasteiger partial charge in [0.25, 0.3) is 0 Å². The number of nitrogens with zero attached hydrogens (tertiary/aromatic N) is 4. The number of rotatable bonds is 5. The number of hydrogen-bond acceptors (Lipinski definition) is 4. The van der Waals surface area contributed by atoms with E-state index in [0.29, 0.717) is 12.0 Å². The summed E-state index contributed by atoms with van der Waals surface area (Å²) < 4.78 is 8.19. The van der Waals surface area contributed by atoms with Crippen LogP contribution >= 0.6 is 11.6 Å². The molecule has 2 heterocycles. The van der Waals surface area contributed by atoms with Gasteiger partial charge in [-0.1, -0.05) is 43.7 Å². The number of hydrogen-bond donors (Lipinski definition) is 0. The Morgan fingerprint density at radius 3 is 2.72 bits per heavy atom. The van der Waals surface area contributed by atoms with Gasteiger partial charge in [0.2, 0.25) is 0 Å². The van der Waals surface area contributed by atoms with E-state index in [0.717, 1.165) is 54.0 Å². The lowest BCUT2D eigenvalue weighted by Crippen LogP contribution is -2.43. The molecule has 0 bridgehead atoms. The Morgan fingerprint density at radius 1 is 1.21 bits per heavy atom. The summed E-state index contributed by atoms with van der Waals surface area (Å²) in [6, 6.07) is 6.46. The average molecular weight is 417 g/mol. The highest BCUT2D eigenvalue weighted by Gasteiger charge is 2.29. The van der Waals surface area contributed by atoms with Crippen molar-refractivity contribution < 1.29 is 4.74 Å². The first-order chi connectivity index (χ1) is 14.0. The molecule has 5 nitrogen and oxygen atoms in total. The van der Waals surface area contributed by atoms with Gasteiger partial charge in [-0.2, -0.15) is 5.10 Å². The number of benzene rings is 1. The molecule has 6 heteroatoms. The molecule has 0 spiro atoms. The van der Waals surface area contributed by atoms with Crippen molar-refractivity contribution >= 4 is 11.6 Å². The van der Waals surface area contributed by atoms with E-state index < -0.39 is 0 Å². The van der Waals surface area contributed by atoms with Crippen molar-refractivity contribution in [1.82, 2.24) is 19.7 Å². The highest BCUT2D eigenvalue weighted by molar-refractivity contribution is 6.30. The summed E-state index contributed by atoms with van der Waals surface area (Å²) in [6.07, 6.45) is 7.54. The molecule has 2 aliphatic rings. The largest absolute Gasteiger partial charge is 0.368 e. The van der Waals surface area contributed by atoms with Crippen LogP contribution in [-0.2, 0) is 11.2 Å². The minimum atomic E-state index is -0.0613. The van der Waals surface area contributed by atoms with Gasteiger partial charge in [0, 0.05) is 30.6 Å². The van der Waals surface area contributed by atoms with Crippen molar-refractivity contribution in [2.45, 2.75) is 71.4 Å². The summed E-state index contributed by atoms with van der Waals surface area (Å²) in [5.41, 5.74) is 2.14. The van der Waals surface area contributed by atoms with Crippen molar-refractivity contribution in [3.63, 3.8) is 0 Å². The molecule has 2 fully saturated rings. The number of ether oxygens (including phenoxy) is 1. The summed E-state index contributed by atoms with van der Waals surface area (Å²) in [5, 5.41) is 5.72. The lowest BCUT2D eigenvalue weighted by atomic mass is 9.87. The van der Waals surface area contributed by atoms with E-state index in [9.17, 15) is 0 Å². The van der Waals surface area contributed by atoms with E-state index in [4.69, 9.17) is 26.4 Å². The standard InChI is InChI=1S/C23H33ClN4O/c1-16(2)27-11-12-29-21(15-27)23-25-22(14-18-7-5-4-6-8-18)26-28(23)20-10-9-19(24)13-17(20)3/h9-10,13,16,18,21H,4-8,11-12,14-15H2,1-3H3. The van der Waals surface area contributed by atoms with Crippen LogP contribution in [0.1, 0.15) is 69.3 Å². The zero-order chi connectivity index (χ0) is 20.4. The molecule has 1 aliphatic carbocycles. The van der Waals surface area contributed by atoms with Crippen LogP contribution in [0.2, 0.25) is 5.02 Å². The molecular weight excluding hydrogens is 384 g/mol. The second-order valence-electron chi connectivity index (χ2n) is 8.89. The molecule has 1 saturated carbocycles. The second-order valence-corrected chi connectivity index (χ2v) is 9.32. The molecule has 4 rings (SSSR count). The Hall–Kier alpha value is -1.43. The highest BCUT2D eigenvalue weighted by atomic mass is 35.5. The normalized spacial score (nSPS) is 21.8. The minimum Gasteiger partial charge on any atom is -0.368 e. The van der Waals surface area contributed by atoms with Gasteiger partial charge in [0.15, 0.2) is 11.6 Å². The Kier molecular flexibility index (Phi) is 6.57. The van der Waals surface area contributed by atoms with E-state index in [1.165, 1.54) is 32.1 Å². The molecule has 1 saturated heterocycles. The van der Waals surface area contributed by atoms with E-state index in [-0.39, 0.29) is 6.10 Å². The van der Waals surface area contributed by atoms with Gasteiger partial charge in [-0.3, -0.25) is 4.90 Å². The number of aromatic nitrogens is 3. The highest BCUT2D eigenvalue weighted by Crippen LogP contribution is 2.30. The predicted molar refractivity (Wildman–Crippen MR) is 117 cm³/mol. The first-order valence-corrected chi connectivity index (χ1v) is 11.5. The van der Waals surface area contributed by atoms with Crippen LogP contribution in [0.5, 0.6) is 0 Å². The monoisotopic (exact) mass is 416 g/mol. The molecule has 1 atom stereocenters. The zero-order valence-electron chi connectivity index (χ0n) is 17.9. The van der Waals surface area contributed by atoms with Crippen LogP contribution in [0.25, 0.3) is 5.69 Å². The molecular formula is C23H33ClN4O. The fourth-order valence-corrected chi connectivity index (χ4v) is 4.87. The van der Waals surface area contributed by atoms with Crippen molar-refractivity contribution in [2.24, 2.45) is 5.92 Å². The second kappa shape index (κ2) is 9.15. The third kappa shape index (κ3) is 4.84. The number of halogens is 1. The topological polar surface area (TPSA) is 43.2 Å². The molecule has 29 heavy (non-hydrogen) atoms. The summed E-state index contributed by atoms with van der Waals surface area (Å²) in [6.45, 7) is 9.11. The Labute approximate surface area is 179 Å². The fraction of sp³-hybridized carbons (Fsp3) is 0.652. The van der Waals surface area contributed by atoms with Gasteiger partial charge in [0.1, 0.15) is 6.10 Å². The molecule has 1 aliphatic heterocycles. The molecule has 0 radical (unpaired) electrons. The molecule has 0 amide bonds. The Balaban J connectivity index is 1.67. The van der Waals surface area contributed by atoms with Gasteiger partial charge < -0.3 is 4.74 Å². The van der Waals surface area contributed by atoms with Crippen molar-refractivity contribution in [3.05, 3.63) is 40.4 Å². The predicted octanol–water partition coefficient (Wildman–Crippen LogP) is 5.13. The summed E-state index contributed by atoms with van der Waals surface area (Å²) in [7, 11) is 0. The fourth-order valence-electron chi connectivity index (χ4n) is 4.64. The van der Waals surface area contributed by atoms with Gasteiger partial charge in [-0.25, -0.2) is 9.67 Å². The Bertz CT molecular complexity index is 828. The van der Waals surface area contributed by atoms with Crippen LogP contribution in [0.4, 0.5) is 0 Å². The maximum atomic E-state index is 6.20. The minimum absolute atomic E-state index is 0.0613. The Morgan fingerprint density at radius 2 is 2.00 bits per heavy atom. The van der Waals surface area contributed by atoms with Crippen molar-refractivity contribution in [3.8, 4) is 5.69 Å². The number of morpholine rings is 1. The third-order valence-corrected chi connectivity index (χ3v) is 6.61. The molecule has 0 N–H and O–H groups in total. The van der Waals surface area contributed by atoms with Crippen molar-refractivity contribution in [1.29, 1.82) is 0 Å². The van der Waals surface area contributed by atoms with Gasteiger partial charge >= 0.3 is 0 Å². The lowest BCUT2D eigenvalue weighted by Gasteiger charge is -2.35. The molecule has 2 aromatic rings. The average Bonchev–Trinajstić information content (AvgIpc) is 3.12. The zero-order valence-corrected chi connectivity index (χ0v) is 18.7. The molecule has 158 valence electrons. The summed E-state index contributed by atoms with van der Waals surface area (Å²) in [4.78, 5) is 7.49. The van der Waals surface area contributed by atoms with E-state index >= 15 is 0 Å². The van der Waals surface area contributed by atoms with E-state index in [1.54, 1.807) is 0 Å². The van der Waals surface area contributed by atoms with E-state index in [2.05, 4.69) is 25.7 Å². The molecule has 1 aromatic heterocycles.